The van der Waals surface area contributed by atoms with Gasteiger partial charge in [-0.05, 0) is 80.4 Å². The molecule has 0 bridgehead atoms. The number of rotatable bonds is 7. The molecule has 0 spiro atoms. The van der Waals surface area contributed by atoms with E-state index in [1.807, 2.05) is 26.0 Å². The predicted molar refractivity (Wildman–Crippen MR) is 123 cm³/mol. The Morgan fingerprint density at radius 1 is 0.818 bits per heavy atom. The van der Waals surface area contributed by atoms with E-state index in [0.717, 1.165) is 5.56 Å². The minimum Gasteiger partial charge on any atom is -0.478 e. The van der Waals surface area contributed by atoms with Crippen molar-refractivity contribution in [2.24, 2.45) is 20.5 Å². The van der Waals surface area contributed by atoms with Crippen LogP contribution in [0, 0.1) is 6.92 Å². The predicted octanol–water partition coefficient (Wildman–Crippen LogP) is 6.37. The van der Waals surface area contributed by atoms with Crippen molar-refractivity contribution < 1.29 is 22.9 Å². The second-order valence-corrected chi connectivity index (χ2v) is 9.17. The molecule has 3 aromatic carbocycles. The largest absolute Gasteiger partial charge is 0.478 e. The minimum atomic E-state index is -4.35. The fourth-order valence-corrected chi connectivity index (χ4v) is 3.64. The lowest BCUT2D eigenvalue weighted by molar-refractivity contribution is 0.0697. The molecule has 3 aromatic rings. The molecule has 0 radical (unpaired) electrons. The zero-order chi connectivity index (χ0) is 24.2. The zero-order valence-corrected chi connectivity index (χ0v) is 19.0. The van der Waals surface area contributed by atoms with Gasteiger partial charge in [-0.2, -0.15) is 28.9 Å². The number of carbonyl (C=O) groups is 1. The Morgan fingerprint density at radius 2 is 1.33 bits per heavy atom. The highest BCUT2D eigenvalue weighted by molar-refractivity contribution is 7.85. The van der Waals surface area contributed by atoms with Crippen LogP contribution in [0.2, 0.25) is 0 Å². The molecule has 0 atom stereocenters. The van der Waals surface area contributed by atoms with Crippen LogP contribution in [0.15, 0.2) is 92.1 Å². The molecule has 0 amide bonds. The molecule has 9 nitrogen and oxygen atoms in total. The number of carboxylic acids is 1. The Morgan fingerprint density at radius 3 is 1.85 bits per heavy atom. The molecular weight excluding hydrogens is 444 g/mol. The Balaban J connectivity index is 1.75. The molecule has 0 fully saturated rings. The van der Waals surface area contributed by atoms with Gasteiger partial charge in [-0.15, -0.1) is 0 Å². The lowest BCUT2D eigenvalue weighted by Gasteiger charge is -2.18. The van der Waals surface area contributed by atoms with Crippen molar-refractivity contribution >= 4 is 33.1 Å². The second-order valence-electron chi connectivity index (χ2n) is 7.78. The van der Waals surface area contributed by atoms with Gasteiger partial charge < -0.3 is 5.11 Å². The van der Waals surface area contributed by atoms with Gasteiger partial charge in [-0.3, -0.25) is 4.55 Å². The first kappa shape index (κ1) is 23.9. The topological polar surface area (TPSA) is 141 Å². The summed E-state index contributed by atoms with van der Waals surface area (Å²) in [7, 11) is -4.35. The molecular formula is C23H22N4O5S. The highest BCUT2D eigenvalue weighted by atomic mass is 32.2. The first-order valence-electron chi connectivity index (χ1n) is 9.82. The summed E-state index contributed by atoms with van der Waals surface area (Å²) < 4.78 is 32.3. The van der Waals surface area contributed by atoms with Crippen LogP contribution in [0.1, 0.15) is 35.3 Å². The van der Waals surface area contributed by atoms with Gasteiger partial charge in [-0.25, -0.2) is 4.79 Å². The molecule has 0 saturated carbocycles. The van der Waals surface area contributed by atoms with E-state index in [-0.39, 0.29) is 10.5 Å². The summed E-state index contributed by atoms with van der Waals surface area (Å²) in [5.74, 6) is -1.00. The SMILES string of the molecule is Cc1ccc(N=NC(C)(C)c2ccc(N=Nc3ccc(C(=O)O)cc3)cc2)cc1S(=O)(=O)O. The number of azo groups is 2. The first-order chi connectivity index (χ1) is 15.5. The third-order valence-corrected chi connectivity index (χ3v) is 5.83. The molecule has 170 valence electrons. The van der Waals surface area contributed by atoms with Crippen LogP contribution in [-0.2, 0) is 15.7 Å². The van der Waals surface area contributed by atoms with E-state index in [0.29, 0.717) is 22.6 Å². The van der Waals surface area contributed by atoms with Gasteiger partial charge in [0, 0.05) is 0 Å². The Hall–Kier alpha value is -3.76. The van der Waals surface area contributed by atoms with E-state index < -0.39 is 21.6 Å². The van der Waals surface area contributed by atoms with Crippen molar-refractivity contribution in [3.8, 4) is 0 Å². The van der Waals surface area contributed by atoms with Crippen molar-refractivity contribution in [3.05, 3.63) is 83.4 Å². The fourth-order valence-electron chi connectivity index (χ4n) is 2.89. The molecule has 0 heterocycles. The molecule has 0 unspecified atom stereocenters. The Kier molecular flexibility index (Phi) is 6.80. The van der Waals surface area contributed by atoms with E-state index in [9.17, 15) is 17.8 Å². The second kappa shape index (κ2) is 9.39. The van der Waals surface area contributed by atoms with Crippen molar-refractivity contribution in [2.75, 3.05) is 0 Å². The maximum atomic E-state index is 11.5. The van der Waals surface area contributed by atoms with Crippen LogP contribution in [-0.4, -0.2) is 24.0 Å². The van der Waals surface area contributed by atoms with Crippen LogP contribution in [0.4, 0.5) is 17.1 Å². The summed E-state index contributed by atoms with van der Waals surface area (Å²) in [5, 5.41) is 25.7. The smallest absolute Gasteiger partial charge is 0.335 e. The Bertz CT molecular complexity index is 1330. The van der Waals surface area contributed by atoms with E-state index in [1.54, 1.807) is 43.3 Å². The molecule has 0 aromatic heterocycles. The number of benzene rings is 3. The average molecular weight is 467 g/mol. The average Bonchev–Trinajstić information content (AvgIpc) is 2.77. The number of hydrogen-bond donors (Lipinski definition) is 2. The molecule has 3 rings (SSSR count). The quantitative estimate of drug-likeness (QED) is 0.307. The number of carboxylic acid groups (broad SMARTS) is 1. The monoisotopic (exact) mass is 466 g/mol. The molecule has 0 aliphatic carbocycles. The molecule has 0 aliphatic rings. The van der Waals surface area contributed by atoms with Gasteiger partial charge in [0.15, 0.2) is 0 Å². The number of hydrogen-bond acceptors (Lipinski definition) is 7. The number of nitrogens with zero attached hydrogens (tertiary/aromatic N) is 4. The lowest BCUT2D eigenvalue weighted by Crippen LogP contribution is -2.12. The van der Waals surface area contributed by atoms with Gasteiger partial charge in [-0.1, -0.05) is 18.2 Å². The highest BCUT2D eigenvalue weighted by Gasteiger charge is 2.20. The van der Waals surface area contributed by atoms with Crippen LogP contribution < -0.4 is 0 Å². The summed E-state index contributed by atoms with van der Waals surface area (Å²) in [6, 6.07) is 17.7. The summed E-state index contributed by atoms with van der Waals surface area (Å²) in [6.45, 7) is 5.29. The Labute approximate surface area is 191 Å². The lowest BCUT2D eigenvalue weighted by atomic mass is 9.95. The summed E-state index contributed by atoms with van der Waals surface area (Å²) >= 11 is 0. The summed E-state index contributed by atoms with van der Waals surface area (Å²) in [4.78, 5) is 10.7. The number of aryl methyl sites for hydroxylation is 1. The van der Waals surface area contributed by atoms with E-state index >= 15 is 0 Å². The van der Waals surface area contributed by atoms with E-state index in [1.165, 1.54) is 18.2 Å². The van der Waals surface area contributed by atoms with Gasteiger partial charge in [0.1, 0.15) is 5.54 Å². The molecule has 2 N–H and O–H groups in total. The minimum absolute atomic E-state index is 0.176. The van der Waals surface area contributed by atoms with Crippen molar-refractivity contribution in [1.82, 2.24) is 0 Å². The van der Waals surface area contributed by atoms with Gasteiger partial charge in [0.2, 0.25) is 0 Å². The van der Waals surface area contributed by atoms with Gasteiger partial charge in [0.25, 0.3) is 10.1 Å². The van der Waals surface area contributed by atoms with Crippen LogP contribution >= 0.6 is 0 Å². The standard InChI is InChI=1S/C23H22N4O5S/c1-15-4-9-20(14-21(15)33(30,31)32)26-27-23(2,3)17-7-12-19(13-8-17)25-24-18-10-5-16(6-11-18)22(28)29/h4-14H,1-3H3,(H,28,29)(H,30,31,32). The molecule has 33 heavy (non-hydrogen) atoms. The maximum absolute atomic E-state index is 11.5. The number of aromatic carboxylic acids is 1. The van der Waals surface area contributed by atoms with Gasteiger partial charge >= 0.3 is 5.97 Å². The molecule has 10 heteroatoms. The maximum Gasteiger partial charge on any atom is 0.335 e. The van der Waals surface area contributed by atoms with Crippen molar-refractivity contribution in [3.63, 3.8) is 0 Å². The molecule has 0 aliphatic heterocycles. The van der Waals surface area contributed by atoms with Crippen molar-refractivity contribution in [1.29, 1.82) is 0 Å². The van der Waals surface area contributed by atoms with E-state index in [4.69, 9.17) is 5.11 Å². The van der Waals surface area contributed by atoms with Gasteiger partial charge in [0.05, 0.1) is 27.5 Å². The third kappa shape index (κ3) is 6.15. The fraction of sp³-hybridized carbons (Fsp3) is 0.174. The molecule has 0 saturated heterocycles. The highest BCUT2D eigenvalue weighted by Crippen LogP contribution is 2.30. The summed E-state index contributed by atoms with van der Waals surface area (Å²) in [6.07, 6.45) is 0. The van der Waals surface area contributed by atoms with Crippen LogP contribution in [0.5, 0.6) is 0 Å². The third-order valence-electron chi connectivity index (χ3n) is 4.83. The normalized spacial score (nSPS) is 12.5. The zero-order valence-electron chi connectivity index (χ0n) is 18.2. The van der Waals surface area contributed by atoms with E-state index in [2.05, 4.69) is 20.5 Å². The summed E-state index contributed by atoms with van der Waals surface area (Å²) in [5.41, 5.74) is 2.16. The van der Waals surface area contributed by atoms with Crippen molar-refractivity contribution in [2.45, 2.75) is 31.2 Å². The first-order valence-corrected chi connectivity index (χ1v) is 11.3. The van der Waals surface area contributed by atoms with Crippen LogP contribution in [0.25, 0.3) is 0 Å². The van der Waals surface area contributed by atoms with Crippen LogP contribution in [0.3, 0.4) is 0 Å².